The zero-order valence-electron chi connectivity index (χ0n) is 11.4. The summed E-state index contributed by atoms with van der Waals surface area (Å²) in [5, 5.41) is 19.3. The Morgan fingerprint density at radius 2 is 2.24 bits per heavy atom. The van der Waals surface area contributed by atoms with E-state index in [1.807, 2.05) is 24.3 Å². The Morgan fingerprint density at radius 1 is 1.33 bits per heavy atom. The average molecular weight is 284 g/mol. The van der Waals surface area contributed by atoms with Gasteiger partial charge in [0.2, 0.25) is 0 Å². The van der Waals surface area contributed by atoms with Gasteiger partial charge in [-0.1, -0.05) is 6.07 Å². The van der Waals surface area contributed by atoms with Gasteiger partial charge in [0.1, 0.15) is 5.69 Å². The molecule has 0 aliphatic rings. The highest BCUT2D eigenvalue weighted by molar-refractivity contribution is 6.07. The lowest BCUT2D eigenvalue weighted by atomic mass is 10.1. The molecule has 1 amide bonds. The standard InChI is InChI=1S/C15H16N4O2/c20-8-2-6-16-15(21)10-3-1-4-12-11(10)9-14(18-12)13-5-7-17-19-13/h1,3-5,7,9,18,20H,2,6,8H2,(H,16,21)(H,17,19). The molecule has 2 aromatic heterocycles. The van der Waals surface area contributed by atoms with Crippen molar-refractivity contribution in [1.29, 1.82) is 0 Å². The fourth-order valence-electron chi connectivity index (χ4n) is 2.28. The summed E-state index contributed by atoms with van der Waals surface area (Å²) in [6, 6.07) is 9.35. The van der Waals surface area contributed by atoms with Crippen molar-refractivity contribution in [2.45, 2.75) is 6.42 Å². The summed E-state index contributed by atoms with van der Waals surface area (Å²) in [5.41, 5.74) is 3.17. The number of carbonyl (C=O) groups is 1. The van der Waals surface area contributed by atoms with Crippen molar-refractivity contribution < 1.29 is 9.90 Å². The number of carbonyl (C=O) groups excluding carboxylic acids is 1. The molecule has 3 rings (SSSR count). The molecule has 0 radical (unpaired) electrons. The maximum atomic E-state index is 12.2. The Hall–Kier alpha value is -2.60. The predicted octanol–water partition coefficient (Wildman–Crippen LogP) is 1.67. The van der Waals surface area contributed by atoms with E-state index < -0.39 is 0 Å². The van der Waals surface area contributed by atoms with Crippen molar-refractivity contribution in [3.8, 4) is 11.4 Å². The van der Waals surface area contributed by atoms with Crippen molar-refractivity contribution in [3.63, 3.8) is 0 Å². The van der Waals surface area contributed by atoms with E-state index in [4.69, 9.17) is 5.11 Å². The maximum Gasteiger partial charge on any atom is 0.251 e. The van der Waals surface area contributed by atoms with Crippen LogP contribution in [0.2, 0.25) is 0 Å². The van der Waals surface area contributed by atoms with E-state index in [0.29, 0.717) is 18.5 Å². The zero-order chi connectivity index (χ0) is 14.7. The fraction of sp³-hybridized carbons (Fsp3) is 0.200. The molecule has 0 bridgehead atoms. The van der Waals surface area contributed by atoms with Gasteiger partial charge in [0.25, 0.3) is 5.91 Å². The Kier molecular flexibility index (Phi) is 3.70. The number of hydrogen-bond donors (Lipinski definition) is 4. The Balaban J connectivity index is 1.94. The first kappa shape index (κ1) is 13.4. The van der Waals surface area contributed by atoms with Gasteiger partial charge in [-0.15, -0.1) is 0 Å². The minimum atomic E-state index is -0.137. The maximum absolute atomic E-state index is 12.2. The molecule has 1 aromatic carbocycles. The number of fused-ring (bicyclic) bond motifs is 1. The van der Waals surface area contributed by atoms with Gasteiger partial charge >= 0.3 is 0 Å². The molecule has 0 spiro atoms. The molecule has 3 aromatic rings. The number of amides is 1. The lowest BCUT2D eigenvalue weighted by molar-refractivity contribution is 0.0953. The van der Waals surface area contributed by atoms with Crippen molar-refractivity contribution in [2.75, 3.05) is 13.2 Å². The molecule has 6 nitrogen and oxygen atoms in total. The van der Waals surface area contributed by atoms with Crippen LogP contribution in [-0.4, -0.2) is 39.3 Å². The van der Waals surface area contributed by atoms with Gasteiger partial charge < -0.3 is 15.4 Å². The van der Waals surface area contributed by atoms with Crippen LogP contribution in [0.5, 0.6) is 0 Å². The molecule has 0 atom stereocenters. The number of aromatic amines is 2. The normalized spacial score (nSPS) is 10.9. The van der Waals surface area contributed by atoms with Gasteiger partial charge in [0.15, 0.2) is 0 Å². The monoisotopic (exact) mass is 284 g/mol. The highest BCUT2D eigenvalue weighted by Crippen LogP contribution is 2.25. The van der Waals surface area contributed by atoms with Gasteiger partial charge in [-0.3, -0.25) is 9.89 Å². The van der Waals surface area contributed by atoms with Gasteiger partial charge in [-0.05, 0) is 30.7 Å². The van der Waals surface area contributed by atoms with Crippen LogP contribution < -0.4 is 5.32 Å². The number of H-pyrrole nitrogens is 2. The molecule has 21 heavy (non-hydrogen) atoms. The Morgan fingerprint density at radius 3 is 3.00 bits per heavy atom. The molecule has 0 fully saturated rings. The average Bonchev–Trinajstić information content (AvgIpc) is 3.15. The number of nitrogens with one attached hydrogen (secondary N) is 3. The molecule has 2 heterocycles. The van der Waals surface area contributed by atoms with Crippen LogP contribution in [-0.2, 0) is 0 Å². The minimum Gasteiger partial charge on any atom is -0.396 e. The number of nitrogens with zero attached hydrogens (tertiary/aromatic N) is 1. The molecule has 4 N–H and O–H groups in total. The number of aliphatic hydroxyl groups excluding tert-OH is 1. The van der Waals surface area contributed by atoms with Gasteiger partial charge in [-0.2, -0.15) is 5.10 Å². The number of aromatic nitrogens is 3. The molecular formula is C15H16N4O2. The molecule has 0 unspecified atom stereocenters. The highest BCUT2D eigenvalue weighted by Gasteiger charge is 2.13. The third-order valence-electron chi connectivity index (χ3n) is 3.31. The van der Waals surface area contributed by atoms with Crippen LogP contribution in [0.25, 0.3) is 22.3 Å². The van der Waals surface area contributed by atoms with Crippen LogP contribution in [0, 0.1) is 0 Å². The van der Waals surface area contributed by atoms with Gasteiger partial charge in [0, 0.05) is 35.8 Å². The number of hydrogen-bond acceptors (Lipinski definition) is 3. The highest BCUT2D eigenvalue weighted by atomic mass is 16.3. The summed E-state index contributed by atoms with van der Waals surface area (Å²) in [6.45, 7) is 0.528. The second kappa shape index (κ2) is 5.80. The van der Waals surface area contributed by atoms with E-state index in [-0.39, 0.29) is 12.5 Å². The second-order valence-corrected chi connectivity index (χ2v) is 4.74. The Labute approximate surface area is 121 Å². The van der Waals surface area contributed by atoms with E-state index in [1.54, 1.807) is 12.3 Å². The number of rotatable bonds is 5. The van der Waals surface area contributed by atoms with Crippen LogP contribution in [0.4, 0.5) is 0 Å². The molecule has 0 saturated heterocycles. The van der Waals surface area contributed by atoms with E-state index in [2.05, 4.69) is 20.5 Å². The van der Waals surface area contributed by atoms with Crippen LogP contribution in [0.3, 0.4) is 0 Å². The van der Waals surface area contributed by atoms with Crippen molar-refractivity contribution in [2.24, 2.45) is 0 Å². The van der Waals surface area contributed by atoms with Crippen LogP contribution in [0.1, 0.15) is 16.8 Å². The summed E-state index contributed by atoms with van der Waals surface area (Å²) < 4.78 is 0. The minimum absolute atomic E-state index is 0.0674. The third-order valence-corrected chi connectivity index (χ3v) is 3.31. The summed E-state index contributed by atoms with van der Waals surface area (Å²) in [7, 11) is 0. The van der Waals surface area contributed by atoms with Crippen LogP contribution >= 0.6 is 0 Å². The molecule has 108 valence electrons. The van der Waals surface area contributed by atoms with E-state index in [9.17, 15) is 4.79 Å². The predicted molar refractivity (Wildman–Crippen MR) is 79.9 cm³/mol. The lowest BCUT2D eigenvalue weighted by Crippen LogP contribution is -2.25. The second-order valence-electron chi connectivity index (χ2n) is 4.74. The third kappa shape index (κ3) is 2.66. The molecule has 0 aliphatic carbocycles. The van der Waals surface area contributed by atoms with E-state index in [1.165, 1.54) is 0 Å². The van der Waals surface area contributed by atoms with Crippen LogP contribution in [0.15, 0.2) is 36.5 Å². The first-order valence-corrected chi connectivity index (χ1v) is 6.80. The summed E-state index contributed by atoms with van der Waals surface area (Å²) >= 11 is 0. The van der Waals surface area contributed by atoms with Crippen molar-refractivity contribution >= 4 is 16.8 Å². The molecule has 6 heteroatoms. The summed E-state index contributed by atoms with van der Waals surface area (Å²) in [5.74, 6) is -0.137. The molecule has 0 aliphatic heterocycles. The lowest BCUT2D eigenvalue weighted by Gasteiger charge is -2.05. The smallest absolute Gasteiger partial charge is 0.251 e. The SMILES string of the molecule is O=C(NCCCO)c1cccc2[nH]c(-c3cc[nH]n3)cc12. The number of aliphatic hydroxyl groups is 1. The van der Waals surface area contributed by atoms with Gasteiger partial charge in [0.05, 0.1) is 5.69 Å². The zero-order valence-corrected chi connectivity index (χ0v) is 11.4. The fourth-order valence-corrected chi connectivity index (χ4v) is 2.28. The quantitative estimate of drug-likeness (QED) is 0.537. The first-order valence-electron chi connectivity index (χ1n) is 6.80. The summed E-state index contributed by atoms with van der Waals surface area (Å²) in [6.07, 6.45) is 2.30. The molecule has 0 saturated carbocycles. The molecular weight excluding hydrogens is 268 g/mol. The van der Waals surface area contributed by atoms with E-state index >= 15 is 0 Å². The van der Waals surface area contributed by atoms with Crippen molar-refractivity contribution in [3.05, 3.63) is 42.1 Å². The Bertz CT molecular complexity index is 746. The van der Waals surface area contributed by atoms with Gasteiger partial charge in [-0.25, -0.2) is 0 Å². The first-order chi connectivity index (χ1) is 10.3. The number of benzene rings is 1. The van der Waals surface area contributed by atoms with E-state index in [0.717, 1.165) is 22.3 Å². The summed E-state index contributed by atoms with van der Waals surface area (Å²) in [4.78, 5) is 15.5. The largest absolute Gasteiger partial charge is 0.396 e. The van der Waals surface area contributed by atoms with Crippen molar-refractivity contribution in [1.82, 2.24) is 20.5 Å². The topological polar surface area (TPSA) is 93.8 Å².